The van der Waals surface area contributed by atoms with Gasteiger partial charge in [-0.15, -0.1) is 11.8 Å². The lowest BCUT2D eigenvalue weighted by molar-refractivity contribution is 0.287. The lowest BCUT2D eigenvalue weighted by Crippen LogP contribution is -1.90. The molecule has 14 heavy (non-hydrogen) atoms. The van der Waals surface area contributed by atoms with Gasteiger partial charge in [0.15, 0.2) is 0 Å². The predicted molar refractivity (Wildman–Crippen MR) is 65.6 cm³/mol. The van der Waals surface area contributed by atoms with Crippen LogP contribution < -0.4 is 5.73 Å². The number of rotatable bonds is 5. The van der Waals surface area contributed by atoms with Crippen LogP contribution in [0.3, 0.4) is 0 Å². The van der Waals surface area contributed by atoms with Crippen molar-refractivity contribution in [3.8, 4) is 0 Å². The van der Waals surface area contributed by atoms with Crippen LogP contribution in [0.4, 0.5) is 5.69 Å². The monoisotopic (exact) mass is 275 g/mol. The molecule has 0 heterocycles. The first-order valence-corrected chi connectivity index (χ1v) is 6.30. The Morgan fingerprint density at radius 1 is 1.36 bits per heavy atom. The molecular weight excluding hydrogens is 262 g/mol. The summed E-state index contributed by atoms with van der Waals surface area (Å²) in [5.74, 6) is 1.01. The molecule has 0 spiro atoms. The highest BCUT2D eigenvalue weighted by molar-refractivity contribution is 9.10. The van der Waals surface area contributed by atoms with Crippen molar-refractivity contribution >= 4 is 33.4 Å². The second kappa shape index (κ2) is 6.32. The molecule has 0 radical (unpaired) electrons. The number of nitrogens with two attached hydrogens (primary N) is 1. The minimum atomic E-state index is 0.274. The molecular formula is C10H14BrNOS. The zero-order valence-corrected chi connectivity index (χ0v) is 10.3. The molecule has 0 unspecified atom stereocenters. The van der Waals surface area contributed by atoms with Crippen LogP contribution in [0.5, 0.6) is 0 Å². The molecule has 0 saturated carbocycles. The summed E-state index contributed by atoms with van der Waals surface area (Å²) in [4.78, 5) is 1.12. The van der Waals surface area contributed by atoms with Crippen molar-refractivity contribution in [2.45, 2.75) is 17.7 Å². The topological polar surface area (TPSA) is 46.2 Å². The van der Waals surface area contributed by atoms with Gasteiger partial charge in [-0.2, -0.15) is 0 Å². The van der Waals surface area contributed by atoms with Gasteiger partial charge in [-0.25, -0.2) is 0 Å². The lowest BCUT2D eigenvalue weighted by atomic mass is 10.3. The van der Waals surface area contributed by atoms with Gasteiger partial charge in [-0.05, 0) is 36.8 Å². The van der Waals surface area contributed by atoms with Crippen LogP contribution in [-0.4, -0.2) is 17.5 Å². The Bertz CT molecular complexity index is 293. The van der Waals surface area contributed by atoms with Gasteiger partial charge in [0.05, 0.1) is 0 Å². The van der Waals surface area contributed by atoms with Crippen LogP contribution in [-0.2, 0) is 0 Å². The number of hydrogen-bond donors (Lipinski definition) is 2. The van der Waals surface area contributed by atoms with Crippen molar-refractivity contribution in [3.63, 3.8) is 0 Å². The van der Waals surface area contributed by atoms with Crippen molar-refractivity contribution in [2.24, 2.45) is 0 Å². The second-order valence-corrected chi connectivity index (χ2v) is 5.01. The minimum Gasteiger partial charge on any atom is -0.398 e. The smallest absolute Gasteiger partial charge is 0.0463 e. The van der Waals surface area contributed by atoms with Gasteiger partial charge in [-0.3, -0.25) is 0 Å². The molecule has 0 bridgehead atoms. The first-order valence-electron chi connectivity index (χ1n) is 4.52. The molecule has 0 atom stereocenters. The fourth-order valence-electron chi connectivity index (χ4n) is 1.05. The van der Waals surface area contributed by atoms with E-state index in [9.17, 15) is 0 Å². The quantitative estimate of drug-likeness (QED) is 0.494. The van der Waals surface area contributed by atoms with Crippen molar-refractivity contribution < 1.29 is 5.11 Å². The van der Waals surface area contributed by atoms with Crippen LogP contribution >= 0.6 is 27.7 Å². The highest BCUT2D eigenvalue weighted by Crippen LogP contribution is 2.28. The van der Waals surface area contributed by atoms with Crippen molar-refractivity contribution in [3.05, 3.63) is 22.7 Å². The van der Waals surface area contributed by atoms with Gasteiger partial charge in [0.2, 0.25) is 0 Å². The minimum absolute atomic E-state index is 0.274. The summed E-state index contributed by atoms with van der Waals surface area (Å²) in [6, 6.07) is 5.92. The number of halogens is 1. The number of benzene rings is 1. The summed E-state index contributed by atoms with van der Waals surface area (Å²) >= 11 is 5.11. The molecule has 0 aliphatic rings. The summed E-state index contributed by atoms with van der Waals surface area (Å²) in [5.41, 5.74) is 6.65. The Balaban J connectivity index is 2.42. The highest BCUT2D eigenvalue weighted by Gasteiger charge is 1.99. The summed E-state index contributed by atoms with van der Waals surface area (Å²) in [6.45, 7) is 0.274. The van der Waals surface area contributed by atoms with E-state index in [0.717, 1.165) is 33.7 Å². The molecule has 1 aromatic carbocycles. The molecule has 2 nitrogen and oxygen atoms in total. The highest BCUT2D eigenvalue weighted by atomic mass is 79.9. The number of unbranched alkanes of at least 4 members (excludes halogenated alkanes) is 1. The molecule has 1 aromatic rings. The molecule has 0 aliphatic carbocycles. The predicted octanol–water partition coefficient (Wildman–Crippen LogP) is 2.90. The maximum Gasteiger partial charge on any atom is 0.0463 e. The van der Waals surface area contributed by atoms with Crippen LogP contribution in [0, 0.1) is 0 Å². The Morgan fingerprint density at radius 2 is 2.14 bits per heavy atom. The second-order valence-electron chi connectivity index (χ2n) is 2.96. The van der Waals surface area contributed by atoms with E-state index in [2.05, 4.69) is 15.9 Å². The van der Waals surface area contributed by atoms with E-state index < -0.39 is 0 Å². The van der Waals surface area contributed by atoms with Crippen LogP contribution in [0.2, 0.25) is 0 Å². The third-order valence-corrected chi connectivity index (χ3v) is 3.45. The van der Waals surface area contributed by atoms with Crippen molar-refractivity contribution in [2.75, 3.05) is 18.1 Å². The molecule has 0 amide bonds. The van der Waals surface area contributed by atoms with E-state index in [1.54, 1.807) is 11.8 Å². The van der Waals surface area contributed by atoms with E-state index in [1.807, 2.05) is 18.2 Å². The van der Waals surface area contributed by atoms with Crippen LogP contribution in [0.15, 0.2) is 27.6 Å². The Morgan fingerprint density at radius 3 is 2.79 bits per heavy atom. The Kier molecular flexibility index (Phi) is 5.37. The lowest BCUT2D eigenvalue weighted by Gasteiger charge is -2.05. The zero-order chi connectivity index (χ0) is 10.4. The zero-order valence-electron chi connectivity index (χ0n) is 7.87. The molecule has 78 valence electrons. The fraction of sp³-hybridized carbons (Fsp3) is 0.400. The van der Waals surface area contributed by atoms with E-state index in [0.29, 0.717) is 0 Å². The van der Waals surface area contributed by atoms with Crippen molar-refractivity contribution in [1.29, 1.82) is 0 Å². The molecule has 4 heteroatoms. The summed E-state index contributed by atoms with van der Waals surface area (Å²) in [7, 11) is 0. The SMILES string of the molecule is Nc1cc(Br)ccc1SCCCCO. The number of hydrogen-bond acceptors (Lipinski definition) is 3. The third kappa shape index (κ3) is 3.90. The Hall–Kier alpha value is -0.190. The van der Waals surface area contributed by atoms with Gasteiger partial charge >= 0.3 is 0 Å². The molecule has 0 saturated heterocycles. The molecule has 3 N–H and O–H groups in total. The first kappa shape index (κ1) is 11.9. The fourth-order valence-corrected chi connectivity index (χ4v) is 2.38. The maximum atomic E-state index is 8.61. The summed E-state index contributed by atoms with van der Waals surface area (Å²) < 4.78 is 1.01. The van der Waals surface area contributed by atoms with E-state index >= 15 is 0 Å². The summed E-state index contributed by atoms with van der Waals surface area (Å²) in [5, 5.41) is 8.61. The maximum absolute atomic E-state index is 8.61. The standard InChI is InChI=1S/C10H14BrNOS/c11-8-3-4-10(9(12)7-8)14-6-2-1-5-13/h3-4,7,13H,1-2,5-6,12H2. The van der Waals surface area contributed by atoms with E-state index in [-0.39, 0.29) is 6.61 Å². The Labute approximate surface area is 97.0 Å². The van der Waals surface area contributed by atoms with Gasteiger partial charge < -0.3 is 10.8 Å². The molecule has 0 aromatic heterocycles. The van der Waals surface area contributed by atoms with E-state index in [4.69, 9.17) is 10.8 Å². The van der Waals surface area contributed by atoms with Crippen molar-refractivity contribution in [1.82, 2.24) is 0 Å². The van der Waals surface area contributed by atoms with Crippen LogP contribution in [0.1, 0.15) is 12.8 Å². The number of aliphatic hydroxyl groups excluding tert-OH is 1. The van der Waals surface area contributed by atoms with Gasteiger partial charge in [0.1, 0.15) is 0 Å². The number of aliphatic hydroxyl groups is 1. The first-order chi connectivity index (χ1) is 6.74. The van der Waals surface area contributed by atoms with Gasteiger partial charge in [-0.1, -0.05) is 15.9 Å². The number of thioether (sulfide) groups is 1. The molecule has 1 rings (SSSR count). The largest absolute Gasteiger partial charge is 0.398 e. The number of nitrogen functional groups attached to an aromatic ring is 1. The normalized spacial score (nSPS) is 10.4. The average molecular weight is 276 g/mol. The third-order valence-electron chi connectivity index (χ3n) is 1.78. The van der Waals surface area contributed by atoms with Gasteiger partial charge in [0.25, 0.3) is 0 Å². The van der Waals surface area contributed by atoms with Crippen LogP contribution in [0.25, 0.3) is 0 Å². The van der Waals surface area contributed by atoms with E-state index in [1.165, 1.54) is 0 Å². The molecule has 0 aliphatic heterocycles. The number of anilines is 1. The summed E-state index contributed by atoms with van der Waals surface area (Å²) in [6.07, 6.45) is 1.89. The average Bonchev–Trinajstić information content (AvgIpc) is 2.15. The van der Waals surface area contributed by atoms with Gasteiger partial charge in [0, 0.05) is 21.7 Å². The molecule has 0 fully saturated rings.